The Balaban J connectivity index is 1.35. The van der Waals surface area contributed by atoms with Gasteiger partial charge in [-0.15, -0.1) is 0 Å². The summed E-state index contributed by atoms with van der Waals surface area (Å²) in [6, 6.07) is 12.6. The predicted molar refractivity (Wildman–Crippen MR) is 138 cm³/mol. The molecule has 2 amide bonds. The molecule has 3 aliphatic heterocycles. The molecule has 2 atom stereocenters. The molecule has 1 aliphatic carbocycles. The zero-order chi connectivity index (χ0) is 23.9. The summed E-state index contributed by atoms with van der Waals surface area (Å²) >= 11 is 16.0. The predicted octanol–water partition coefficient (Wildman–Crippen LogP) is 4.73. The number of halogens is 3. The summed E-state index contributed by atoms with van der Waals surface area (Å²) in [4.78, 5) is 29.4. The number of piperidine rings is 3. The molecule has 2 N–H and O–H groups in total. The fourth-order valence-electron chi connectivity index (χ4n) is 5.40. The van der Waals surface area contributed by atoms with Gasteiger partial charge in [0.05, 0.1) is 5.41 Å². The molecule has 5 nitrogen and oxygen atoms in total. The summed E-state index contributed by atoms with van der Waals surface area (Å²) in [5, 5.41) is 7.38. The van der Waals surface area contributed by atoms with E-state index in [1.807, 2.05) is 30.3 Å². The van der Waals surface area contributed by atoms with Crippen molar-refractivity contribution in [2.24, 2.45) is 5.92 Å². The summed E-state index contributed by atoms with van der Waals surface area (Å²) < 4.78 is 0.975. The molecule has 4 aliphatic rings. The van der Waals surface area contributed by atoms with Gasteiger partial charge in [-0.3, -0.25) is 9.59 Å². The molecule has 2 aromatic rings. The van der Waals surface area contributed by atoms with Crippen molar-refractivity contribution in [1.29, 1.82) is 0 Å². The summed E-state index contributed by atoms with van der Waals surface area (Å²) in [6.45, 7) is 3.11. The molecule has 0 radical (unpaired) electrons. The van der Waals surface area contributed by atoms with Gasteiger partial charge < -0.3 is 15.5 Å². The van der Waals surface area contributed by atoms with Gasteiger partial charge in [0.25, 0.3) is 0 Å². The van der Waals surface area contributed by atoms with Crippen molar-refractivity contribution >= 4 is 50.9 Å². The zero-order valence-electron chi connectivity index (χ0n) is 18.8. The van der Waals surface area contributed by atoms with E-state index in [0.29, 0.717) is 35.2 Å². The third-order valence-corrected chi connectivity index (χ3v) is 8.67. The van der Waals surface area contributed by atoms with Crippen LogP contribution in [0.2, 0.25) is 10.0 Å². The maximum absolute atomic E-state index is 13.5. The van der Waals surface area contributed by atoms with Gasteiger partial charge in [0, 0.05) is 33.5 Å². The smallest absolute Gasteiger partial charge is 0.243 e. The van der Waals surface area contributed by atoms with Crippen molar-refractivity contribution in [3.05, 3.63) is 68.1 Å². The number of carbonyl (C=O) groups excluding carboxylic acids is 2. The second-order valence-electron chi connectivity index (χ2n) is 9.82. The minimum absolute atomic E-state index is 0.118. The lowest BCUT2D eigenvalue weighted by atomic mass is 9.84. The average Bonchev–Trinajstić information content (AvgIpc) is 3.62. The summed E-state index contributed by atoms with van der Waals surface area (Å²) in [5.74, 6) is 0.247. The molecule has 0 spiro atoms. The Kier molecular flexibility index (Phi) is 6.95. The number of amides is 2. The minimum Gasteiger partial charge on any atom is -0.350 e. The van der Waals surface area contributed by atoms with Crippen LogP contribution in [0.4, 0.5) is 0 Å². The van der Waals surface area contributed by atoms with Crippen molar-refractivity contribution in [2.45, 2.75) is 49.6 Å². The molecule has 1 unspecified atom stereocenters. The van der Waals surface area contributed by atoms with E-state index in [1.165, 1.54) is 0 Å². The lowest BCUT2D eigenvalue weighted by Crippen LogP contribution is -2.60. The van der Waals surface area contributed by atoms with Crippen LogP contribution in [-0.2, 0) is 21.4 Å². The maximum atomic E-state index is 13.5. The third-order valence-electron chi connectivity index (χ3n) is 7.59. The Bertz CT molecular complexity index is 1080. The molecule has 180 valence electrons. The van der Waals surface area contributed by atoms with E-state index in [1.54, 1.807) is 12.1 Å². The second kappa shape index (κ2) is 9.81. The topological polar surface area (TPSA) is 61.4 Å². The molecule has 6 rings (SSSR count). The Morgan fingerprint density at radius 1 is 1.09 bits per heavy atom. The molecule has 0 aromatic heterocycles. The molecule has 2 aromatic carbocycles. The third kappa shape index (κ3) is 5.01. The quantitative estimate of drug-likeness (QED) is 0.511. The maximum Gasteiger partial charge on any atom is 0.243 e. The minimum atomic E-state index is -0.699. The van der Waals surface area contributed by atoms with Crippen LogP contribution in [-0.4, -0.2) is 48.4 Å². The van der Waals surface area contributed by atoms with Crippen LogP contribution in [0.3, 0.4) is 0 Å². The highest BCUT2D eigenvalue weighted by molar-refractivity contribution is 9.10. The van der Waals surface area contributed by atoms with E-state index < -0.39 is 11.5 Å². The van der Waals surface area contributed by atoms with Crippen molar-refractivity contribution in [2.75, 3.05) is 19.6 Å². The number of carbonyl (C=O) groups is 2. The monoisotopic (exact) mass is 563 g/mol. The van der Waals surface area contributed by atoms with Gasteiger partial charge in [-0.25, -0.2) is 0 Å². The van der Waals surface area contributed by atoms with Crippen LogP contribution < -0.4 is 10.6 Å². The van der Waals surface area contributed by atoms with Gasteiger partial charge >= 0.3 is 0 Å². The first kappa shape index (κ1) is 24.1. The van der Waals surface area contributed by atoms with Crippen LogP contribution in [0.5, 0.6) is 0 Å². The second-order valence-corrected chi connectivity index (χ2v) is 11.6. The Morgan fingerprint density at radius 2 is 1.79 bits per heavy atom. The molecule has 1 saturated carbocycles. The van der Waals surface area contributed by atoms with Crippen LogP contribution in [0.15, 0.2) is 46.9 Å². The first-order chi connectivity index (χ1) is 16.3. The van der Waals surface area contributed by atoms with Gasteiger partial charge in [-0.1, -0.05) is 57.3 Å². The molecule has 3 saturated heterocycles. The largest absolute Gasteiger partial charge is 0.350 e. The van der Waals surface area contributed by atoms with Crippen molar-refractivity contribution in [3.8, 4) is 0 Å². The van der Waals surface area contributed by atoms with Crippen molar-refractivity contribution in [3.63, 3.8) is 0 Å². The Labute approximate surface area is 218 Å². The van der Waals surface area contributed by atoms with Gasteiger partial charge in [0.1, 0.15) is 6.04 Å². The van der Waals surface area contributed by atoms with Gasteiger partial charge in [0.15, 0.2) is 0 Å². The number of nitrogens with one attached hydrogen (secondary N) is 2. The molecule has 2 bridgehead atoms. The highest BCUT2D eigenvalue weighted by Gasteiger charge is 2.53. The number of benzene rings is 2. The number of rotatable bonds is 7. The van der Waals surface area contributed by atoms with Crippen LogP contribution in [0.25, 0.3) is 0 Å². The first-order valence-corrected chi connectivity index (χ1v) is 13.4. The number of hydrogen-bond acceptors (Lipinski definition) is 3. The van der Waals surface area contributed by atoms with Crippen LogP contribution in [0.1, 0.15) is 36.8 Å². The molecular formula is C26H28BrCl2N3O2. The fourth-order valence-corrected chi connectivity index (χ4v) is 6.25. The fraction of sp³-hybridized carbons (Fsp3) is 0.462. The normalized spacial score (nSPS) is 25.4. The lowest BCUT2D eigenvalue weighted by molar-refractivity contribution is -0.131. The molecular weight excluding hydrogens is 537 g/mol. The standard InChI is InChI=1S/C26H28BrCl2N3O2/c27-18-3-1-16(2-4-18)13-22(24(33)30-23-15-32-11-7-17(23)8-12-32)31-25(34)26(9-10-26)20-6-5-19(28)14-21(20)29/h1-6,14,17,22-23H,7-13,15H2,(H,30,33)(H,31,34)/t22-,23?/m0/s1. The van der Waals surface area contributed by atoms with E-state index in [-0.39, 0.29) is 17.9 Å². The number of fused-ring (bicyclic) bond motifs is 3. The highest BCUT2D eigenvalue weighted by atomic mass is 79.9. The van der Waals surface area contributed by atoms with E-state index in [2.05, 4.69) is 31.5 Å². The molecule has 34 heavy (non-hydrogen) atoms. The highest BCUT2D eigenvalue weighted by Crippen LogP contribution is 2.51. The van der Waals surface area contributed by atoms with E-state index in [0.717, 1.165) is 48.1 Å². The van der Waals surface area contributed by atoms with Gasteiger partial charge in [-0.05, 0) is 80.1 Å². The molecule has 3 heterocycles. The number of nitrogens with zero attached hydrogens (tertiary/aromatic N) is 1. The molecule has 4 fully saturated rings. The van der Waals surface area contributed by atoms with Gasteiger partial charge in [0.2, 0.25) is 11.8 Å². The zero-order valence-corrected chi connectivity index (χ0v) is 21.9. The van der Waals surface area contributed by atoms with E-state index in [4.69, 9.17) is 23.2 Å². The van der Waals surface area contributed by atoms with Gasteiger partial charge in [-0.2, -0.15) is 0 Å². The summed E-state index contributed by atoms with van der Waals surface area (Å²) in [5.41, 5.74) is 1.07. The molecule has 8 heteroatoms. The number of hydrogen-bond donors (Lipinski definition) is 2. The van der Waals surface area contributed by atoms with E-state index in [9.17, 15) is 9.59 Å². The van der Waals surface area contributed by atoms with Crippen LogP contribution in [0, 0.1) is 5.92 Å². The van der Waals surface area contributed by atoms with Crippen LogP contribution >= 0.6 is 39.1 Å². The van der Waals surface area contributed by atoms with Crippen molar-refractivity contribution in [1.82, 2.24) is 15.5 Å². The first-order valence-electron chi connectivity index (χ1n) is 11.9. The Hall–Kier alpha value is -1.60. The summed E-state index contributed by atoms with van der Waals surface area (Å²) in [7, 11) is 0. The van der Waals surface area contributed by atoms with E-state index >= 15 is 0 Å². The lowest BCUT2D eigenvalue weighted by Gasteiger charge is -2.45. The average molecular weight is 565 g/mol. The van der Waals surface area contributed by atoms with Crippen molar-refractivity contribution < 1.29 is 9.59 Å². The summed E-state index contributed by atoms with van der Waals surface area (Å²) in [6.07, 6.45) is 4.06. The Morgan fingerprint density at radius 3 is 2.38 bits per heavy atom. The SMILES string of the molecule is O=C(NC1CN2CCC1CC2)[C@H](Cc1ccc(Br)cc1)NC(=O)C1(c2ccc(Cl)cc2Cl)CC1.